The first-order valence-corrected chi connectivity index (χ1v) is 4.86. The fourth-order valence-corrected chi connectivity index (χ4v) is 1.38. The second-order valence-electron chi connectivity index (χ2n) is 3.08. The summed E-state index contributed by atoms with van der Waals surface area (Å²) < 4.78 is 0. The molecule has 15 heavy (non-hydrogen) atoms. The van der Waals surface area contributed by atoms with Crippen LogP contribution in [-0.2, 0) is 0 Å². The highest BCUT2D eigenvalue weighted by Gasteiger charge is 2.01. The molecule has 1 aromatic heterocycles. The smallest absolute Gasteiger partial charge is 0.130 e. The van der Waals surface area contributed by atoms with Gasteiger partial charge in [0.25, 0.3) is 0 Å². The van der Waals surface area contributed by atoms with Crippen molar-refractivity contribution in [1.29, 1.82) is 0 Å². The summed E-state index contributed by atoms with van der Waals surface area (Å²) in [4.78, 5) is 4.13. The van der Waals surface area contributed by atoms with Gasteiger partial charge < -0.3 is 11.1 Å². The molecule has 0 aliphatic rings. The predicted octanol–water partition coefficient (Wildman–Crippen LogP) is 3.06. The molecule has 3 N–H and O–H groups in total. The van der Waals surface area contributed by atoms with Gasteiger partial charge in [0.05, 0.1) is 10.7 Å². The quantitative estimate of drug-likeness (QED) is 0.764. The van der Waals surface area contributed by atoms with E-state index in [0.29, 0.717) is 10.7 Å². The zero-order chi connectivity index (χ0) is 10.7. The van der Waals surface area contributed by atoms with E-state index in [4.69, 9.17) is 17.3 Å². The molecule has 0 atom stereocenters. The van der Waals surface area contributed by atoms with Crippen molar-refractivity contribution in [1.82, 2.24) is 4.98 Å². The van der Waals surface area contributed by atoms with E-state index in [1.807, 2.05) is 18.2 Å². The summed E-state index contributed by atoms with van der Waals surface area (Å²) in [6.45, 7) is 0. The minimum Gasteiger partial charge on any atom is -0.399 e. The molecule has 2 aromatic rings. The van der Waals surface area contributed by atoms with E-state index in [0.717, 1.165) is 11.5 Å². The maximum atomic E-state index is 6.00. The monoisotopic (exact) mass is 219 g/mol. The first-order valence-electron chi connectivity index (χ1n) is 4.49. The Bertz CT molecular complexity index is 457. The van der Waals surface area contributed by atoms with Gasteiger partial charge in [0.15, 0.2) is 0 Å². The molecule has 0 saturated carbocycles. The van der Waals surface area contributed by atoms with Gasteiger partial charge >= 0.3 is 0 Å². The fourth-order valence-electron chi connectivity index (χ4n) is 1.21. The minimum absolute atomic E-state index is 0.620. The molecule has 0 aliphatic heterocycles. The van der Waals surface area contributed by atoms with Crippen LogP contribution in [0, 0.1) is 0 Å². The first kappa shape index (κ1) is 9.80. The number of nitrogen functional groups attached to an aromatic ring is 1. The van der Waals surface area contributed by atoms with Crippen molar-refractivity contribution < 1.29 is 0 Å². The Balaban J connectivity index is 2.28. The van der Waals surface area contributed by atoms with Crippen LogP contribution in [0.5, 0.6) is 0 Å². The highest BCUT2D eigenvalue weighted by molar-refractivity contribution is 6.33. The molecule has 4 heteroatoms. The lowest BCUT2D eigenvalue weighted by Crippen LogP contribution is -1.94. The van der Waals surface area contributed by atoms with Gasteiger partial charge in [0, 0.05) is 11.9 Å². The summed E-state index contributed by atoms with van der Waals surface area (Å²) in [6.07, 6.45) is 1.71. The molecule has 0 bridgehead atoms. The zero-order valence-corrected chi connectivity index (χ0v) is 8.70. The molecule has 3 nitrogen and oxygen atoms in total. The predicted molar refractivity (Wildman–Crippen MR) is 63.4 cm³/mol. The van der Waals surface area contributed by atoms with E-state index in [2.05, 4.69) is 10.3 Å². The summed E-state index contributed by atoms with van der Waals surface area (Å²) in [5.74, 6) is 0.741. The van der Waals surface area contributed by atoms with Crippen LogP contribution in [0.25, 0.3) is 0 Å². The van der Waals surface area contributed by atoms with Crippen LogP contribution in [-0.4, -0.2) is 4.98 Å². The number of benzene rings is 1. The van der Waals surface area contributed by atoms with Crippen LogP contribution in [0.4, 0.5) is 17.2 Å². The van der Waals surface area contributed by atoms with E-state index in [1.54, 1.807) is 24.4 Å². The molecule has 76 valence electrons. The third-order valence-electron chi connectivity index (χ3n) is 1.92. The number of nitrogens with zero attached hydrogens (tertiary/aromatic N) is 1. The van der Waals surface area contributed by atoms with Crippen LogP contribution < -0.4 is 11.1 Å². The van der Waals surface area contributed by atoms with Gasteiger partial charge in [-0.1, -0.05) is 17.7 Å². The summed E-state index contributed by atoms with van der Waals surface area (Å²) in [7, 11) is 0. The lowest BCUT2D eigenvalue weighted by atomic mass is 10.3. The standard InChI is InChI=1S/C11H10ClN3/c12-9-5-4-8(13)7-10(9)15-11-3-1-2-6-14-11/h1-7H,13H2,(H,14,15). The summed E-state index contributed by atoms with van der Waals surface area (Å²) in [5.41, 5.74) is 7.09. The zero-order valence-electron chi connectivity index (χ0n) is 7.94. The largest absolute Gasteiger partial charge is 0.399 e. The van der Waals surface area contributed by atoms with Gasteiger partial charge in [-0.25, -0.2) is 4.98 Å². The molecule has 1 aromatic carbocycles. The maximum Gasteiger partial charge on any atom is 0.130 e. The van der Waals surface area contributed by atoms with Crippen LogP contribution >= 0.6 is 11.6 Å². The Morgan fingerprint density at radius 3 is 2.80 bits per heavy atom. The van der Waals surface area contributed by atoms with E-state index >= 15 is 0 Å². The Morgan fingerprint density at radius 2 is 2.07 bits per heavy atom. The van der Waals surface area contributed by atoms with Crippen molar-refractivity contribution in [3.05, 3.63) is 47.6 Å². The molecule has 0 radical (unpaired) electrons. The van der Waals surface area contributed by atoms with E-state index < -0.39 is 0 Å². The van der Waals surface area contributed by atoms with Crippen molar-refractivity contribution >= 4 is 28.8 Å². The Kier molecular flexibility index (Phi) is 2.74. The third-order valence-corrected chi connectivity index (χ3v) is 2.25. The SMILES string of the molecule is Nc1ccc(Cl)c(Nc2ccccn2)c1. The number of hydrogen-bond acceptors (Lipinski definition) is 3. The number of pyridine rings is 1. The Labute approximate surface area is 92.9 Å². The molecule has 0 saturated heterocycles. The lowest BCUT2D eigenvalue weighted by molar-refractivity contribution is 1.31. The average Bonchev–Trinajstić information content (AvgIpc) is 2.25. The number of aromatic nitrogens is 1. The van der Waals surface area contributed by atoms with Crippen LogP contribution in [0.3, 0.4) is 0 Å². The topological polar surface area (TPSA) is 50.9 Å². The number of halogens is 1. The molecular formula is C11H10ClN3. The molecule has 2 rings (SSSR count). The Morgan fingerprint density at radius 1 is 1.20 bits per heavy atom. The molecule has 0 spiro atoms. The van der Waals surface area contributed by atoms with Crippen LogP contribution in [0.15, 0.2) is 42.6 Å². The molecule has 1 heterocycles. The van der Waals surface area contributed by atoms with Crippen LogP contribution in [0.1, 0.15) is 0 Å². The minimum atomic E-state index is 0.620. The molecule has 0 amide bonds. The van der Waals surface area contributed by atoms with Crippen molar-refractivity contribution in [3.8, 4) is 0 Å². The number of nitrogens with one attached hydrogen (secondary N) is 1. The maximum absolute atomic E-state index is 6.00. The van der Waals surface area contributed by atoms with Crippen molar-refractivity contribution in [2.24, 2.45) is 0 Å². The van der Waals surface area contributed by atoms with Gasteiger partial charge in [-0.05, 0) is 30.3 Å². The summed E-state index contributed by atoms with van der Waals surface area (Å²) in [5, 5.41) is 3.71. The number of rotatable bonds is 2. The van der Waals surface area contributed by atoms with Gasteiger partial charge in [-0.3, -0.25) is 0 Å². The number of anilines is 3. The highest BCUT2D eigenvalue weighted by Crippen LogP contribution is 2.26. The molecule has 0 fully saturated rings. The Hall–Kier alpha value is -1.74. The summed E-state index contributed by atoms with van der Waals surface area (Å²) in [6, 6.07) is 10.9. The first-order chi connectivity index (χ1) is 7.25. The van der Waals surface area contributed by atoms with E-state index in [9.17, 15) is 0 Å². The normalized spacial score (nSPS) is 9.93. The third kappa shape index (κ3) is 2.39. The van der Waals surface area contributed by atoms with Gasteiger partial charge in [0.1, 0.15) is 5.82 Å². The fraction of sp³-hybridized carbons (Fsp3) is 0. The molecule has 0 aliphatic carbocycles. The van der Waals surface area contributed by atoms with E-state index in [1.165, 1.54) is 0 Å². The molecular weight excluding hydrogens is 210 g/mol. The highest BCUT2D eigenvalue weighted by atomic mass is 35.5. The van der Waals surface area contributed by atoms with Crippen molar-refractivity contribution in [3.63, 3.8) is 0 Å². The van der Waals surface area contributed by atoms with E-state index in [-0.39, 0.29) is 0 Å². The van der Waals surface area contributed by atoms with Gasteiger partial charge in [-0.15, -0.1) is 0 Å². The lowest BCUT2D eigenvalue weighted by Gasteiger charge is -2.07. The number of nitrogens with two attached hydrogens (primary N) is 1. The number of hydrogen-bond donors (Lipinski definition) is 2. The van der Waals surface area contributed by atoms with Crippen molar-refractivity contribution in [2.75, 3.05) is 11.1 Å². The average molecular weight is 220 g/mol. The van der Waals surface area contributed by atoms with Gasteiger partial charge in [0.2, 0.25) is 0 Å². The molecule has 0 unspecified atom stereocenters. The van der Waals surface area contributed by atoms with Crippen LogP contribution in [0.2, 0.25) is 5.02 Å². The van der Waals surface area contributed by atoms with Crippen molar-refractivity contribution in [2.45, 2.75) is 0 Å². The summed E-state index contributed by atoms with van der Waals surface area (Å²) >= 11 is 6.00. The van der Waals surface area contributed by atoms with Gasteiger partial charge in [-0.2, -0.15) is 0 Å². The second kappa shape index (κ2) is 4.19. The second-order valence-corrected chi connectivity index (χ2v) is 3.49.